The van der Waals surface area contributed by atoms with Gasteiger partial charge in [-0.3, -0.25) is 26.0 Å². The summed E-state index contributed by atoms with van der Waals surface area (Å²) in [7, 11) is 0. The van der Waals surface area contributed by atoms with Crippen molar-refractivity contribution in [2.24, 2.45) is 0 Å². The van der Waals surface area contributed by atoms with Crippen LogP contribution in [0.4, 0.5) is 17.1 Å². The molecule has 15 heavy (non-hydrogen) atoms. The molecule has 1 rings (SSSR count). The van der Waals surface area contributed by atoms with Gasteiger partial charge < -0.3 is 0 Å². The van der Waals surface area contributed by atoms with Crippen LogP contribution >= 0.6 is 0 Å². The van der Waals surface area contributed by atoms with Crippen LogP contribution in [0.1, 0.15) is 5.56 Å². The van der Waals surface area contributed by atoms with Gasteiger partial charge in [0.15, 0.2) is 0 Å². The van der Waals surface area contributed by atoms with E-state index in [1.54, 1.807) is 6.07 Å². The van der Waals surface area contributed by atoms with Crippen molar-refractivity contribution in [2.75, 3.05) is 0 Å². The standard InChI is InChI=1S/C7H3N4O4/c8-3-4-1-5(10(12)13)7(9)6(2-4)11(14)15/h1-2,9H. The summed E-state index contributed by atoms with van der Waals surface area (Å²) in [5.74, 6) is 0. The Bertz CT molecular complexity index is 455. The minimum Gasteiger partial charge on any atom is -0.288 e. The third-order valence-electron chi connectivity index (χ3n) is 1.62. The number of hydrogen-bond donors (Lipinski definition) is 0. The highest BCUT2D eigenvalue weighted by molar-refractivity contribution is 5.70. The molecule has 0 aromatic heterocycles. The first kappa shape index (κ1) is 10.4. The second-order valence-electron chi connectivity index (χ2n) is 2.52. The Labute approximate surface area is 82.8 Å². The summed E-state index contributed by atoms with van der Waals surface area (Å²) in [4.78, 5) is 19.0. The van der Waals surface area contributed by atoms with E-state index in [0.29, 0.717) is 0 Å². The summed E-state index contributed by atoms with van der Waals surface area (Å²) in [6.07, 6.45) is 0. The summed E-state index contributed by atoms with van der Waals surface area (Å²) in [6, 6.07) is 3.21. The third-order valence-corrected chi connectivity index (χ3v) is 1.62. The molecule has 75 valence electrons. The molecule has 0 heterocycles. The van der Waals surface area contributed by atoms with E-state index in [1.807, 2.05) is 0 Å². The van der Waals surface area contributed by atoms with Crippen molar-refractivity contribution in [3.05, 3.63) is 37.9 Å². The molecule has 1 radical (unpaired) electrons. The van der Waals surface area contributed by atoms with Crippen LogP contribution in [-0.4, -0.2) is 9.85 Å². The molecule has 8 heteroatoms. The van der Waals surface area contributed by atoms with Crippen molar-refractivity contribution in [1.29, 1.82) is 5.26 Å². The van der Waals surface area contributed by atoms with Crippen LogP contribution in [0.3, 0.4) is 0 Å². The zero-order chi connectivity index (χ0) is 11.6. The van der Waals surface area contributed by atoms with Gasteiger partial charge in [0.2, 0.25) is 5.69 Å². The van der Waals surface area contributed by atoms with Crippen molar-refractivity contribution >= 4 is 17.1 Å². The number of nitrogens with zero attached hydrogens (tertiary/aromatic N) is 3. The first-order valence-corrected chi connectivity index (χ1v) is 3.56. The van der Waals surface area contributed by atoms with Gasteiger partial charge in [-0.25, -0.2) is 0 Å². The lowest BCUT2D eigenvalue weighted by Gasteiger charge is -1.98. The third kappa shape index (κ3) is 1.80. The van der Waals surface area contributed by atoms with Crippen molar-refractivity contribution in [2.45, 2.75) is 0 Å². The van der Waals surface area contributed by atoms with E-state index in [2.05, 4.69) is 0 Å². The zero-order valence-electron chi connectivity index (χ0n) is 7.13. The Hall–Kier alpha value is -2.69. The first-order chi connectivity index (χ1) is 6.97. The number of nitriles is 1. The van der Waals surface area contributed by atoms with Gasteiger partial charge in [0.25, 0.3) is 0 Å². The molecule has 0 atom stereocenters. The second kappa shape index (κ2) is 3.59. The fourth-order valence-corrected chi connectivity index (χ4v) is 0.964. The average molecular weight is 207 g/mol. The van der Waals surface area contributed by atoms with Gasteiger partial charge in [-0.2, -0.15) is 5.26 Å². The van der Waals surface area contributed by atoms with Crippen LogP contribution in [0.2, 0.25) is 0 Å². The predicted octanol–water partition coefficient (Wildman–Crippen LogP) is 1.29. The maximum absolute atomic E-state index is 10.4. The fraction of sp³-hybridized carbons (Fsp3) is 0. The van der Waals surface area contributed by atoms with Crippen LogP contribution in [0.15, 0.2) is 12.1 Å². The Kier molecular flexibility index (Phi) is 2.48. The smallest absolute Gasteiger partial charge is 0.288 e. The highest BCUT2D eigenvalue weighted by Gasteiger charge is 2.24. The van der Waals surface area contributed by atoms with Crippen LogP contribution in [0.25, 0.3) is 0 Å². The SMILES string of the molecule is N#Cc1cc([N+](=O)[O-])c([NH])c([N+](=O)[O-])c1. The maximum atomic E-state index is 10.4. The molecule has 0 fully saturated rings. The summed E-state index contributed by atoms with van der Waals surface area (Å²) < 4.78 is 0. The van der Waals surface area contributed by atoms with Crippen LogP contribution in [0.5, 0.6) is 0 Å². The fourth-order valence-electron chi connectivity index (χ4n) is 0.964. The predicted molar refractivity (Wildman–Crippen MR) is 47.2 cm³/mol. The molecule has 1 aromatic rings. The largest absolute Gasteiger partial charge is 0.302 e. The molecule has 0 unspecified atom stereocenters. The van der Waals surface area contributed by atoms with Crippen LogP contribution in [-0.2, 0) is 0 Å². The lowest BCUT2D eigenvalue weighted by molar-refractivity contribution is -0.392. The first-order valence-electron chi connectivity index (χ1n) is 3.56. The lowest BCUT2D eigenvalue weighted by atomic mass is 10.1. The number of nitro benzene ring substituents is 2. The number of hydrogen-bond acceptors (Lipinski definition) is 5. The topological polar surface area (TPSA) is 134 Å². The number of benzene rings is 1. The van der Waals surface area contributed by atoms with E-state index in [-0.39, 0.29) is 5.56 Å². The molecule has 0 aliphatic carbocycles. The molecule has 0 spiro atoms. The molecule has 0 aliphatic heterocycles. The highest BCUT2D eigenvalue weighted by atomic mass is 16.6. The molecule has 0 aliphatic rings. The monoisotopic (exact) mass is 207 g/mol. The van der Waals surface area contributed by atoms with E-state index in [0.717, 1.165) is 12.1 Å². The summed E-state index contributed by atoms with van der Waals surface area (Å²) in [5.41, 5.74) is 4.67. The van der Waals surface area contributed by atoms with Crippen LogP contribution in [0, 0.1) is 31.6 Å². The molecular formula is C7H3N4O4. The van der Waals surface area contributed by atoms with Crippen LogP contribution < -0.4 is 5.73 Å². The zero-order valence-corrected chi connectivity index (χ0v) is 7.13. The molecule has 0 amide bonds. The molecular weight excluding hydrogens is 204 g/mol. The Morgan fingerprint density at radius 2 is 1.60 bits per heavy atom. The molecule has 1 aromatic carbocycles. The quantitative estimate of drug-likeness (QED) is 0.531. The minimum absolute atomic E-state index is 0.218. The molecule has 8 nitrogen and oxygen atoms in total. The van der Waals surface area contributed by atoms with Crippen molar-refractivity contribution in [3.63, 3.8) is 0 Å². The molecule has 1 N–H and O–H groups in total. The minimum atomic E-state index is -0.934. The number of nitro groups is 2. The van der Waals surface area contributed by atoms with E-state index in [9.17, 15) is 20.2 Å². The summed E-state index contributed by atoms with van der Waals surface area (Å²) in [6.45, 7) is 0. The van der Waals surface area contributed by atoms with Gasteiger partial charge >= 0.3 is 11.4 Å². The number of rotatable bonds is 2. The van der Waals surface area contributed by atoms with Gasteiger partial charge in [-0.05, 0) is 0 Å². The lowest BCUT2D eigenvalue weighted by Crippen LogP contribution is -1.97. The summed E-state index contributed by atoms with van der Waals surface area (Å²) >= 11 is 0. The molecule has 0 bridgehead atoms. The van der Waals surface area contributed by atoms with Gasteiger partial charge in [0.1, 0.15) is 0 Å². The van der Waals surface area contributed by atoms with E-state index < -0.39 is 26.9 Å². The summed E-state index contributed by atoms with van der Waals surface area (Å²) in [5, 5.41) is 29.3. The average Bonchev–Trinajstić information content (AvgIpc) is 2.17. The Morgan fingerprint density at radius 3 is 1.87 bits per heavy atom. The highest BCUT2D eigenvalue weighted by Crippen LogP contribution is 2.33. The Balaban J connectivity index is 3.56. The maximum Gasteiger partial charge on any atom is 0.302 e. The van der Waals surface area contributed by atoms with Crippen molar-refractivity contribution in [1.82, 2.24) is 5.73 Å². The van der Waals surface area contributed by atoms with Crippen molar-refractivity contribution in [3.8, 4) is 6.07 Å². The molecule has 0 saturated carbocycles. The Morgan fingerprint density at radius 1 is 1.20 bits per heavy atom. The van der Waals surface area contributed by atoms with Gasteiger partial charge in [0, 0.05) is 12.1 Å². The van der Waals surface area contributed by atoms with E-state index in [1.165, 1.54) is 0 Å². The van der Waals surface area contributed by atoms with Crippen molar-refractivity contribution < 1.29 is 9.85 Å². The van der Waals surface area contributed by atoms with Gasteiger partial charge in [-0.15, -0.1) is 0 Å². The van der Waals surface area contributed by atoms with Gasteiger partial charge in [0.05, 0.1) is 21.5 Å². The molecule has 0 saturated heterocycles. The second-order valence-corrected chi connectivity index (χ2v) is 2.52. The normalized spacial score (nSPS) is 9.27. The van der Waals surface area contributed by atoms with Gasteiger partial charge in [-0.1, -0.05) is 0 Å². The number of nitrogens with one attached hydrogen (secondary N) is 1. The van der Waals surface area contributed by atoms with E-state index in [4.69, 9.17) is 11.0 Å². The van der Waals surface area contributed by atoms with E-state index >= 15 is 0 Å².